The number of nitrogens with two attached hydrogens (primary N) is 1. The van der Waals surface area contributed by atoms with Gasteiger partial charge in [-0.25, -0.2) is 0 Å². The smallest absolute Gasteiger partial charge is 0.00922 e. The lowest BCUT2D eigenvalue weighted by atomic mass is 9.61. The lowest BCUT2D eigenvalue weighted by molar-refractivity contribution is 0.0250. The molecule has 0 heterocycles. The Bertz CT molecular complexity index is 283. The van der Waals surface area contributed by atoms with E-state index in [-0.39, 0.29) is 0 Å². The first-order valence-corrected chi connectivity index (χ1v) is 7.79. The molecule has 2 aliphatic rings. The van der Waals surface area contributed by atoms with E-state index in [2.05, 4.69) is 39.6 Å². The van der Waals surface area contributed by atoms with Crippen LogP contribution in [0.3, 0.4) is 0 Å². The molecule has 2 fully saturated rings. The molecule has 2 nitrogen and oxygen atoms in total. The van der Waals surface area contributed by atoms with Gasteiger partial charge in [0.1, 0.15) is 0 Å². The number of rotatable bonds is 4. The average Bonchev–Trinajstić information content (AvgIpc) is 3.13. The summed E-state index contributed by atoms with van der Waals surface area (Å²) < 4.78 is 0. The van der Waals surface area contributed by atoms with Crippen molar-refractivity contribution in [2.45, 2.75) is 65.5 Å². The molecular weight excluding hydrogens is 220 g/mol. The summed E-state index contributed by atoms with van der Waals surface area (Å²) in [5, 5.41) is 0. The molecule has 0 saturated heterocycles. The highest BCUT2D eigenvalue weighted by molar-refractivity contribution is 4.95. The molecule has 2 aliphatic carbocycles. The fourth-order valence-corrected chi connectivity index (χ4v) is 3.72. The molecule has 2 heteroatoms. The molecule has 0 spiro atoms. The van der Waals surface area contributed by atoms with Crippen molar-refractivity contribution in [1.82, 2.24) is 4.90 Å². The number of nitrogens with zero attached hydrogens (tertiary/aromatic N) is 1. The molecular formula is C16H32N2. The molecule has 106 valence electrons. The van der Waals surface area contributed by atoms with E-state index in [0.29, 0.717) is 17.4 Å². The van der Waals surface area contributed by atoms with E-state index in [1.807, 2.05) is 0 Å². The minimum absolute atomic E-state index is 0.384. The molecule has 18 heavy (non-hydrogen) atoms. The fraction of sp³-hybridized carbons (Fsp3) is 1.00. The Hall–Kier alpha value is -0.0800. The van der Waals surface area contributed by atoms with Crippen molar-refractivity contribution >= 4 is 0 Å². The van der Waals surface area contributed by atoms with E-state index in [1.165, 1.54) is 32.2 Å². The third kappa shape index (κ3) is 2.75. The van der Waals surface area contributed by atoms with E-state index < -0.39 is 0 Å². The second kappa shape index (κ2) is 5.13. The van der Waals surface area contributed by atoms with Crippen LogP contribution in [0.1, 0.15) is 53.4 Å². The van der Waals surface area contributed by atoms with Crippen molar-refractivity contribution in [2.75, 3.05) is 13.6 Å². The van der Waals surface area contributed by atoms with Crippen LogP contribution in [0, 0.1) is 23.2 Å². The van der Waals surface area contributed by atoms with Crippen molar-refractivity contribution in [3.05, 3.63) is 0 Å². The van der Waals surface area contributed by atoms with E-state index in [1.54, 1.807) is 0 Å². The topological polar surface area (TPSA) is 29.3 Å². The van der Waals surface area contributed by atoms with Crippen LogP contribution < -0.4 is 5.73 Å². The summed E-state index contributed by atoms with van der Waals surface area (Å²) in [7, 11) is 2.32. The van der Waals surface area contributed by atoms with Crippen LogP contribution in [-0.4, -0.2) is 30.6 Å². The van der Waals surface area contributed by atoms with Crippen LogP contribution in [0.15, 0.2) is 0 Å². The molecule has 2 saturated carbocycles. The van der Waals surface area contributed by atoms with Gasteiger partial charge in [-0.3, -0.25) is 0 Å². The third-order valence-electron chi connectivity index (χ3n) is 6.22. The zero-order valence-corrected chi connectivity index (χ0v) is 12.9. The lowest BCUT2D eigenvalue weighted by Crippen LogP contribution is -2.50. The van der Waals surface area contributed by atoms with Gasteiger partial charge >= 0.3 is 0 Å². The van der Waals surface area contributed by atoms with Gasteiger partial charge in [-0.2, -0.15) is 0 Å². The maximum absolute atomic E-state index is 6.25. The average molecular weight is 252 g/mol. The second-order valence-electron chi connectivity index (χ2n) is 7.57. The van der Waals surface area contributed by atoms with E-state index >= 15 is 0 Å². The van der Waals surface area contributed by atoms with Crippen LogP contribution in [0.25, 0.3) is 0 Å². The predicted molar refractivity (Wildman–Crippen MR) is 78.5 cm³/mol. The van der Waals surface area contributed by atoms with Crippen LogP contribution >= 0.6 is 0 Å². The molecule has 0 amide bonds. The summed E-state index contributed by atoms with van der Waals surface area (Å²) in [6.07, 6.45) is 5.41. The van der Waals surface area contributed by atoms with Gasteiger partial charge in [0.15, 0.2) is 0 Å². The van der Waals surface area contributed by atoms with Crippen molar-refractivity contribution in [1.29, 1.82) is 0 Å². The number of hydrogen-bond acceptors (Lipinski definition) is 2. The van der Waals surface area contributed by atoms with Gasteiger partial charge < -0.3 is 10.6 Å². The van der Waals surface area contributed by atoms with Crippen LogP contribution in [-0.2, 0) is 0 Å². The second-order valence-corrected chi connectivity index (χ2v) is 7.57. The van der Waals surface area contributed by atoms with Crippen LogP contribution in [0.2, 0.25) is 0 Å². The summed E-state index contributed by atoms with van der Waals surface area (Å²) >= 11 is 0. The molecule has 0 aromatic carbocycles. The Kier molecular flexibility index (Phi) is 4.08. The van der Waals surface area contributed by atoms with Crippen molar-refractivity contribution in [3.63, 3.8) is 0 Å². The summed E-state index contributed by atoms with van der Waals surface area (Å²) in [4.78, 5) is 2.60. The zero-order chi connectivity index (χ0) is 13.5. The van der Waals surface area contributed by atoms with Crippen LogP contribution in [0.5, 0.6) is 0 Å². The molecule has 2 rings (SSSR count). The molecule has 0 aliphatic heterocycles. The van der Waals surface area contributed by atoms with Gasteiger partial charge in [0.05, 0.1) is 0 Å². The Labute approximate surface area is 113 Å². The minimum Gasteiger partial charge on any atom is -0.327 e. The van der Waals surface area contributed by atoms with Gasteiger partial charge in [-0.05, 0) is 62.8 Å². The third-order valence-corrected chi connectivity index (χ3v) is 6.22. The van der Waals surface area contributed by atoms with Gasteiger partial charge in [-0.15, -0.1) is 0 Å². The van der Waals surface area contributed by atoms with Gasteiger partial charge in [-0.1, -0.05) is 20.8 Å². The first-order valence-electron chi connectivity index (χ1n) is 7.79. The summed E-state index contributed by atoms with van der Waals surface area (Å²) in [5.74, 6) is 2.42. The summed E-state index contributed by atoms with van der Waals surface area (Å²) in [6, 6.07) is 1.18. The molecule has 0 aromatic rings. The maximum atomic E-state index is 6.25. The summed E-state index contributed by atoms with van der Waals surface area (Å²) in [6.45, 7) is 10.9. The van der Waals surface area contributed by atoms with Gasteiger partial charge in [0.2, 0.25) is 0 Å². The monoisotopic (exact) mass is 252 g/mol. The van der Waals surface area contributed by atoms with E-state index in [9.17, 15) is 0 Å². The Morgan fingerprint density at radius 1 is 1.22 bits per heavy atom. The van der Waals surface area contributed by atoms with Crippen molar-refractivity contribution < 1.29 is 0 Å². The largest absolute Gasteiger partial charge is 0.327 e. The molecule has 0 aromatic heterocycles. The molecule has 4 unspecified atom stereocenters. The molecule has 2 N–H and O–H groups in total. The normalized spacial score (nSPS) is 37.8. The maximum Gasteiger partial charge on any atom is 0.00922 e. The van der Waals surface area contributed by atoms with Crippen molar-refractivity contribution in [3.8, 4) is 0 Å². The highest BCUT2D eigenvalue weighted by Crippen LogP contribution is 2.45. The first-order chi connectivity index (χ1) is 8.34. The standard InChI is InChI=1S/C16H32N2/c1-11-15(17)9-8-14(16(11,3)4)10-18(5)12(2)13-6-7-13/h11-15H,6-10,17H2,1-5H3. The Balaban J connectivity index is 1.95. The molecule has 4 atom stereocenters. The Morgan fingerprint density at radius 2 is 1.83 bits per heavy atom. The van der Waals surface area contributed by atoms with Crippen molar-refractivity contribution in [2.24, 2.45) is 28.9 Å². The fourth-order valence-electron chi connectivity index (χ4n) is 3.72. The quantitative estimate of drug-likeness (QED) is 0.833. The minimum atomic E-state index is 0.384. The van der Waals surface area contributed by atoms with E-state index in [0.717, 1.165) is 17.9 Å². The molecule has 0 bridgehead atoms. The predicted octanol–water partition coefficient (Wildman–Crippen LogP) is 3.12. The van der Waals surface area contributed by atoms with Gasteiger partial charge in [0, 0.05) is 18.6 Å². The zero-order valence-electron chi connectivity index (χ0n) is 12.9. The Morgan fingerprint density at radius 3 is 2.39 bits per heavy atom. The van der Waals surface area contributed by atoms with Crippen LogP contribution in [0.4, 0.5) is 0 Å². The SMILES string of the molecule is CC(C1CC1)N(C)CC1CCC(N)C(C)C1(C)C. The first kappa shape index (κ1) is 14.3. The number of hydrogen-bond donors (Lipinski definition) is 1. The lowest BCUT2D eigenvalue weighted by Gasteiger charge is -2.48. The highest BCUT2D eigenvalue weighted by Gasteiger charge is 2.42. The van der Waals surface area contributed by atoms with Gasteiger partial charge in [0.25, 0.3) is 0 Å². The van der Waals surface area contributed by atoms with E-state index in [4.69, 9.17) is 5.73 Å². The molecule has 0 radical (unpaired) electrons. The summed E-state index contributed by atoms with van der Waals surface area (Å²) in [5.41, 5.74) is 6.64. The highest BCUT2D eigenvalue weighted by atomic mass is 15.1.